The van der Waals surface area contributed by atoms with Crippen molar-refractivity contribution in [3.8, 4) is 0 Å². The molecule has 112 valence electrons. The SMILES string of the molecule is NC(N)=NCCCC[C@H](NO)C(=O)NCP(=O)(O)O. The summed E-state index contributed by atoms with van der Waals surface area (Å²) < 4.78 is 10.6. The molecule has 0 aliphatic heterocycles. The van der Waals surface area contributed by atoms with E-state index in [1.54, 1.807) is 5.48 Å². The topological polar surface area (TPSA) is 183 Å². The number of nitrogens with one attached hydrogen (secondary N) is 2. The Morgan fingerprint density at radius 2 is 1.95 bits per heavy atom. The molecule has 0 unspecified atom stereocenters. The van der Waals surface area contributed by atoms with E-state index in [-0.39, 0.29) is 12.4 Å². The Labute approximate surface area is 110 Å². The number of guanidine groups is 1. The third-order valence-corrected chi connectivity index (χ3v) is 2.70. The van der Waals surface area contributed by atoms with Crippen LogP contribution in [0.5, 0.6) is 0 Å². The number of nitrogens with zero attached hydrogens (tertiary/aromatic N) is 1. The van der Waals surface area contributed by atoms with Crippen LogP contribution >= 0.6 is 7.60 Å². The van der Waals surface area contributed by atoms with Gasteiger partial charge in [-0.05, 0) is 19.3 Å². The maximum absolute atomic E-state index is 11.4. The molecule has 0 radical (unpaired) electrons. The van der Waals surface area contributed by atoms with E-state index < -0.39 is 25.8 Å². The van der Waals surface area contributed by atoms with Crippen LogP contribution in [0, 0.1) is 0 Å². The molecule has 9 N–H and O–H groups in total. The molecule has 0 fully saturated rings. The standard InChI is InChI=1S/C8H20N5O5P/c9-8(10)11-4-2-1-3-6(13-15)7(14)12-5-19(16,17)18/h6,13,15H,1-5H2,(H,12,14)(H4,9,10,11)(H2,16,17,18)/t6-/m0/s1. The molecular formula is C8H20N5O5P. The quantitative estimate of drug-likeness (QED) is 0.0839. The van der Waals surface area contributed by atoms with Crippen molar-refractivity contribution >= 4 is 19.5 Å². The first-order valence-corrected chi connectivity index (χ1v) is 7.33. The summed E-state index contributed by atoms with van der Waals surface area (Å²) in [7, 11) is -4.30. The molecule has 0 aliphatic carbocycles. The summed E-state index contributed by atoms with van der Waals surface area (Å²) in [5, 5.41) is 10.8. The number of amides is 1. The first-order chi connectivity index (χ1) is 8.76. The summed E-state index contributed by atoms with van der Waals surface area (Å²) in [5.41, 5.74) is 12.0. The highest BCUT2D eigenvalue weighted by molar-refractivity contribution is 7.51. The van der Waals surface area contributed by atoms with E-state index in [2.05, 4.69) is 4.99 Å². The van der Waals surface area contributed by atoms with Crippen molar-refractivity contribution in [1.82, 2.24) is 10.8 Å². The van der Waals surface area contributed by atoms with Crippen LogP contribution in [-0.2, 0) is 9.36 Å². The van der Waals surface area contributed by atoms with Crippen molar-refractivity contribution in [1.29, 1.82) is 0 Å². The lowest BCUT2D eigenvalue weighted by atomic mass is 10.1. The second kappa shape index (κ2) is 8.83. The largest absolute Gasteiger partial charge is 0.370 e. The van der Waals surface area contributed by atoms with Crippen LogP contribution in [0.4, 0.5) is 0 Å². The van der Waals surface area contributed by atoms with Gasteiger partial charge >= 0.3 is 7.60 Å². The number of unbranched alkanes of at least 4 members (excludes halogenated alkanes) is 1. The van der Waals surface area contributed by atoms with Gasteiger partial charge in [0, 0.05) is 6.54 Å². The summed E-state index contributed by atoms with van der Waals surface area (Å²) in [6.45, 7) is 0.407. The second-order valence-electron chi connectivity index (χ2n) is 3.85. The van der Waals surface area contributed by atoms with Gasteiger partial charge in [-0.1, -0.05) is 0 Å². The number of hydroxylamine groups is 1. The van der Waals surface area contributed by atoms with Crippen LogP contribution in [0.15, 0.2) is 4.99 Å². The highest BCUT2D eigenvalue weighted by Gasteiger charge is 2.20. The highest BCUT2D eigenvalue weighted by Crippen LogP contribution is 2.31. The summed E-state index contributed by atoms with van der Waals surface area (Å²) >= 11 is 0. The maximum Gasteiger partial charge on any atom is 0.344 e. The monoisotopic (exact) mass is 297 g/mol. The van der Waals surface area contributed by atoms with Gasteiger partial charge in [0.05, 0.1) is 0 Å². The Morgan fingerprint density at radius 1 is 1.32 bits per heavy atom. The molecule has 0 heterocycles. The molecule has 19 heavy (non-hydrogen) atoms. The zero-order chi connectivity index (χ0) is 14.9. The first-order valence-electron chi connectivity index (χ1n) is 5.53. The Balaban J connectivity index is 3.96. The van der Waals surface area contributed by atoms with Crippen LogP contribution in [0.1, 0.15) is 19.3 Å². The van der Waals surface area contributed by atoms with Crippen LogP contribution in [-0.4, -0.2) is 45.7 Å². The molecule has 1 amide bonds. The van der Waals surface area contributed by atoms with Gasteiger partial charge in [0.25, 0.3) is 0 Å². The van der Waals surface area contributed by atoms with E-state index in [0.717, 1.165) is 0 Å². The van der Waals surface area contributed by atoms with Gasteiger partial charge in [-0.3, -0.25) is 14.4 Å². The molecule has 0 saturated carbocycles. The van der Waals surface area contributed by atoms with Crippen molar-refractivity contribution in [3.05, 3.63) is 0 Å². The van der Waals surface area contributed by atoms with Gasteiger partial charge in [-0.15, -0.1) is 0 Å². The minimum Gasteiger partial charge on any atom is -0.370 e. The molecule has 10 nitrogen and oxygen atoms in total. The van der Waals surface area contributed by atoms with Gasteiger partial charge in [0.15, 0.2) is 5.96 Å². The molecule has 0 spiro atoms. The summed E-state index contributed by atoms with van der Waals surface area (Å²) in [6, 6.07) is -0.939. The van der Waals surface area contributed by atoms with E-state index in [4.69, 9.17) is 26.5 Å². The van der Waals surface area contributed by atoms with E-state index in [9.17, 15) is 9.36 Å². The summed E-state index contributed by atoms with van der Waals surface area (Å²) in [4.78, 5) is 32.4. The van der Waals surface area contributed by atoms with E-state index in [1.807, 2.05) is 5.32 Å². The molecule has 11 heteroatoms. The van der Waals surface area contributed by atoms with Crippen molar-refractivity contribution in [3.63, 3.8) is 0 Å². The van der Waals surface area contributed by atoms with Crippen LogP contribution < -0.4 is 22.3 Å². The lowest BCUT2D eigenvalue weighted by molar-refractivity contribution is -0.125. The number of hydrogen-bond acceptors (Lipinski definition) is 5. The summed E-state index contributed by atoms with van der Waals surface area (Å²) in [5.74, 6) is -0.705. The average Bonchev–Trinajstić information content (AvgIpc) is 2.29. The molecule has 0 aromatic rings. The normalized spacial score (nSPS) is 12.8. The Kier molecular flexibility index (Phi) is 8.28. The molecule has 0 saturated heterocycles. The fourth-order valence-corrected chi connectivity index (χ4v) is 1.59. The predicted molar refractivity (Wildman–Crippen MR) is 68.3 cm³/mol. The van der Waals surface area contributed by atoms with E-state index in [1.165, 1.54) is 0 Å². The Hall–Kier alpha value is -1.19. The van der Waals surface area contributed by atoms with Gasteiger partial charge in [-0.2, -0.15) is 5.48 Å². The average molecular weight is 297 g/mol. The Bertz CT molecular complexity index is 353. The molecule has 1 atom stereocenters. The molecule has 0 aliphatic rings. The number of rotatable bonds is 9. The number of carbonyl (C=O) groups is 1. The zero-order valence-electron chi connectivity index (χ0n) is 10.3. The van der Waals surface area contributed by atoms with Crippen LogP contribution in [0.2, 0.25) is 0 Å². The fraction of sp³-hybridized carbons (Fsp3) is 0.750. The van der Waals surface area contributed by atoms with Crippen molar-refractivity contribution in [2.75, 3.05) is 12.8 Å². The van der Waals surface area contributed by atoms with Crippen molar-refractivity contribution in [2.24, 2.45) is 16.5 Å². The number of nitrogens with two attached hydrogens (primary N) is 2. The number of hydrogen-bond donors (Lipinski definition) is 7. The van der Waals surface area contributed by atoms with Gasteiger partial charge < -0.3 is 31.8 Å². The minimum absolute atomic E-state index is 0.0174. The van der Waals surface area contributed by atoms with Crippen molar-refractivity contribution < 1.29 is 24.4 Å². The highest BCUT2D eigenvalue weighted by atomic mass is 31.2. The number of carbonyl (C=O) groups excluding carboxylic acids is 1. The lowest BCUT2D eigenvalue weighted by Gasteiger charge is -2.15. The van der Waals surface area contributed by atoms with Gasteiger partial charge in [0.1, 0.15) is 12.3 Å². The zero-order valence-corrected chi connectivity index (χ0v) is 11.2. The molecule has 0 aromatic carbocycles. The van der Waals surface area contributed by atoms with Crippen LogP contribution in [0.3, 0.4) is 0 Å². The van der Waals surface area contributed by atoms with E-state index >= 15 is 0 Å². The smallest absolute Gasteiger partial charge is 0.344 e. The lowest BCUT2D eigenvalue weighted by Crippen LogP contribution is -2.43. The molecular weight excluding hydrogens is 277 g/mol. The van der Waals surface area contributed by atoms with Crippen molar-refractivity contribution in [2.45, 2.75) is 25.3 Å². The fourth-order valence-electron chi connectivity index (χ4n) is 1.23. The van der Waals surface area contributed by atoms with E-state index in [0.29, 0.717) is 19.4 Å². The predicted octanol–water partition coefficient (Wildman–Crippen LogP) is -1.97. The first kappa shape index (κ1) is 17.8. The molecule has 0 aromatic heterocycles. The van der Waals surface area contributed by atoms with Gasteiger partial charge in [0.2, 0.25) is 5.91 Å². The Morgan fingerprint density at radius 3 is 2.42 bits per heavy atom. The maximum atomic E-state index is 11.4. The third-order valence-electron chi connectivity index (χ3n) is 2.13. The minimum atomic E-state index is -4.30. The number of aliphatic imine (C=N–C) groups is 1. The van der Waals surface area contributed by atoms with Crippen LogP contribution in [0.25, 0.3) is 0 Å². The second-order valence-corrected chi connectivity index (χ2v) is 5.49. The summed E-state index contributed by atoms with van der Waals surface area (Å²) in [6.07, 6.45) is 0.682. The molecule has 0 bridgehead atoms. The third kappa shape index (κ3) is 10.4. The molecule has 0 rings (SSSR count). The van der Waals surface area contributed by atoms with Gasteiger partial charge in [-0.25, -0.2) is 0 Å².